The average Bonchev–Trinajstić information content (AvgIpc) is 3.38. The summed E-state index contributed by atoms with van der Waals surface area (Å²) in [6.45, 7) is 5.74. The minimum atomic E-state index is -3.54. The first kappa shape index (κ1) is 21.5. The normalized spacial score (nSPS) is 13.8. The monoisotopic (exact) mass is 441 g/mol. The quantitative estimate of drug-likeness (QED) is 0.536. The Balaban J connectivity index is 1.43. The van der Waals surface area contributed by atoms with Crippen molar-refractivity contribution in [3.05, 3.63) is 48.0 Å². The van der Waals surface area contributed by atoms with E-state index in [4.69, 9.17) is 0 Å². The molecule has 0 fully saturated rings. The largest absolute Gasteiger partial charge is 0.312 e. The van der Waals surface area contributed by atoms with Gasteiger partial charge in [-0.15, -0.1) is 5.10 Å². The van der Waals surface area contributed by atoms with Crippen LogP contribution in [-0.4, -0.2) is 53.3 Å². The lowest BCUT2D eigenvalue weighted by atomic mass is 10.2. The van der Waals surface area contributed by atoms with Gasteiger partial charge < -0.3 is 4.90 Å². The lowest BCUT2D eigenvalue weighted by Gasteiger charge is -2.18. The number of fused-ring (bicyclic) bond motifs is 2. The fourth-order valence-corrected chi connectivity index (χ4v) is 5.58. The molecule has 0 spiro atoms. The minimum absolute atomic E-state index is 0.113. The first-order valence-corrected chi connectivity index (χ1v) is 12.1. The second-order valence-corrected chi connectivity index (χ2v) is 9.52. The van der Waals surface area contributed by atoms with Gasteiger partial charge >= 0.3 is 0 Å². The average molecular weight is 442 g/mol. The van der Waals surface area contributed by atoms with Crippen LogP contribution in [0.2, 0.25) is 0 Å². The Bertz CT molecular complexity index is 1200. The van der Waals surface area contributed by atoms with Gasteiger partial charge in [0.2, 0.25) is 15.9 Å². The molecule has 1 aliphatic heterocycles. The van der Waals surface area contributed by atoms with Crippen LogP contribution in [0.3, 0.4) is 0 Å². The van der Waals surface area contributed by atoms with E-state index in [0.29, 0.717) is 38.0 Å². The van der Waals surface area contributed by atoms with Gasteiger partial charge in [-0.2, -0.15) is 4.31 Å². The minimum Gasteiger partial charge on any atom is -0.312 e. The predicted molar refractivity (Wildman–Crippen MR) is 119 cm³/mol. The number of sulfonamides is 1. The Morgan fingerprint density at radius 3 is 2.68 bits per heavy atom. The number of aromatic nitrogens is 3. The van der Waals surface area contributed by atoms with Crippen LogP contribution in [0.1, 0.15) is 32.3 Å². The van der Waals surface area contributed by atoms with Crippen molar-refractivity contribution in [3.63, 3.8) is 0 Å². The highest BCUT2D eigenvalue weighted by atomic mass is 32.2. The Morgan fingerprint density at radius 2 is 1.90 bits per heavy atom. The van der Waals surface area contributed by atoms with E-state index in [1.54, 1.807) is 22.9 Å². The number of hydrogen-bond donors (Lipinski definition) is 0. The van der Waals surface area contributed by atoms with E-state index >= 15 is 0 Å². The number of para-hydroxylation sites is 1. The molecule has 0 saturated carbocycles. The lowest BCUT2D eigenvalue weighted by Crippen LogP contribution is -2.30. The van der Waals surface area contributed by atoms with Crippen LogP contribution in [0, 0.1) is 0 Å². The molecule has 0 atom stereocenters. The molecule has 8 nitrogen and oxygen atoms in total. The summed E-state index contributed by atoms with van der Waals surface area (Å²) in [7, 11) is -3.54. The molecule has 4 rings (SSSR count). The van der Waals surface area contributed by atoms with Crippen LogP contribution in [0.25, 0.3) is 11.0 Å². The van der Waals surface area contributed by atoms with E-state index < -0.39 is 10.0 Å². The summed E-state index contributed by atoms with van der Waals surface area (Å²) in [6.07, 6.45) is 1.95. The first-order chi connectivity index (χ1) is 15.0. The third-order valence-corrected chi connectivity index (χ3v) is 7.82. The number of amides is 1. The number of aryl methyl sites for hydroxylation is 1. The maximum atomic E-state index is 12.7. The van der Waals surface area contributed by atoms with Gasteiger partial charge in [-0.25, -0.2) is 13.1 Å². The van der Waals surface area contributed by atoms with Crippen molar-refractivity contribution in [3.8, 4) is 0 Å². The number of carbonyl (C=O) groups excluding carboxylic acids is 1. The Morgan fingerprint density at radius 1 is 1.13 bits per heavy atom. The Hall–Kier alpha value is -2.78. The zero-order valence-corrected chi connectivity index (χ0v) is 18.7. The van der Waals surface area contributed by atoms with Gasteiger partial charge in [0.05, 0.1) is 10.4 Å². The van der Waals surface area contributed by atoms with Crippen molar-refractivity contribution < 1.29 is 13.2 Å². The highest BCUT2D eigenvalue weighted by Crippen LogP contribution is 2.28. The van der Waals surface area contributed by atoms with Crippen molar-refractivity contribution in [1.29, 1.82) is 0 Å². The molecule has 2 aromatic carbocycles. The topological polar surface area (TPSA) is 88.4 Å². The number of hydrogen-bond acceptors (Lipinski definition) is 5. The molecule has 0 unspecified atom stereocenters. The molecule has 2 heterocycles. The van der Waals surface area contributed by atoms with Crippen LogP contribution in [0.5, 0.6) is 0 Å². The molecule has 1 amide bonds. The van der Waals surface area contributed by atoms with Gasteiger partial charge in [0.25, 0.3) is 0 Å². The fourth-order valence-electron chi connectivity index (χ4n) is 4.10. The second kappa shape index (κ2) is 8.76. The van der Waals surface area contributed by atoms with Gasteiger partial charge in [-0.1, -0.05) is 37.3 Å². The summed E-state index contributed by atoms with van der Waals surface area (Å²) < 4.78 is 28.6. The summed E-state index contributed by atoms with van der Waals surface area (Å²) in [4.78, 5) is 14.8. The zero-order chi connectivity index (χ0) is 22.0. The van der Waals surface area contributed by atoms with Crippen molar-refractivity contribution in [2.45, 2.75) is 44.6 Å². The molecule has 0 N–H and O–H groups in total. The smallest absolute Gasteiger partial charge is 0.243 e. The van der Waals surface area contributed by atoms with Gasteiger partial charge in [-0.3, -0.25) is 4.79 Å². The van der Waals surface area contributed by atoms with Gasteiger partial charge in [0.15, 0.2) is 0 Å². The van der Waals surface area contributed by atoms with Crippen LogP contribution in [0.4, 0.5) is 5.69 Å². The molecular formula is C22H27N5O3S. The van der Waals surface area contributed by atoms with E-state index in [-0.39, 0.29) is 10.8 Å². The van der Waals surface area contributed by atoms with E-state index in [9.17, 15) is 13.2 Å². The standard InChI is InChI=1S/C22H27N5O3S/c1-3-25(4-2)31(29,30)18-11-12-21-19(16-18)23-24-27(21)14-7-10-22(28)26-15-13-17-8-5-6-9-20(17)26/h5-6,8-9,11-12,16H,3-4,7,10,13-15H2,1-2H3. The maximum Gasteiger partial charge on any atom is 0.243 e. The van der Waals surface area contributed by atoms with E-state index in [1.165, 1.54) is 9.87 Å². The van der Waals surface area contributed by atoms with Crippen LogP contribution < -0.4 is 4.90 Å². The van der Waals surface area contributed by atoms with Gasteiger partial charge in [0, 0.05) is 38.3 Å². The third-order valence-electron chi connectivity index (χ3n) is 5.78. The van der Waals surface area contributed by atoms with Crippen LogP contribution in [0.15, 0.2) is 47.4 Å². The van der Waals surface area contributed by atoms with Crippen LogP contribution in [-0.2, 0) is 27.8 Å². The first-order valence-electron chi connectivity index (χ1n) is 10.7. The molecular weight excluding hydrogens is 414 g/mol. The molecule has 0 aliphatic carbocycles. The summed E-state index contributed by atoms with van der Waals surface area (Å²) in [5, 5.41) is 8.31. The van der Waals surface area contributed by atoms with Gasteiger partial charge in [0.1, 0.15) is 5.52 Å². The SMILES string of the molecule is CCN(CC)S(=O)(=O)c1ccc2c(c1)nnn2CCCC(=O)N1CCc2ccccc21. The zero-order valence-electron chi connectivity index (χ0n) is 17.9. The van der Waals surface area contributed by atoms with E-state index in [2.05, 4.69) is 16.4 Å². The van der Waals surface area contributed by atoms with Crippen molar-refractivity contribution in [2.24, 2.45) is 0 Å². The number of benzene rings is 2. The van der Waals surface area contributed by atoms with E-state index in [0.717, 1.165) is 24.2 Å². The number of rotatable bonds is 8. The molecule has 0 saturated heterocycles. The fraction of sp³-hybridized carbons (Fsp3) is 0.409. The predicted octanol–water partition coefficient (Wildman–Crippen LogP) is 2.83. The number of anilines is 1. The number of carbonyl (C=O) groups is 1. The third kappa shape index (κ3) is 4.07. The molecule has 31 heavy (non-hydrogen) atoms. The number of nitrogens with zero attached hydrogens (tertiary/aromatic N) is 5. The Kier molecular flexibility index (Phi) is 6.06. The summed E-state index contributed by atoms with van der Waals surface area (Å²) in [5.41, 5.74) is 3.53. The molecule has 1 aliphatic rings. The molecule has 0 radical (unpaired) electrons. The molecule has 0 bridgehead atoms. The molecule has 164 valence electrons. The van der Waals surface area contributed by atoms with Crippen molar-refractivity contribution >= 4 is 32.7 Å². The van der Waals surface area contributed by atoms with Crippen molar-refractivity contribution in [2.75, 3.05) is 24.5 Å². The molecule has 3 aromatic rings. The second-order valence-electron chi connectivity index (χ2n) is 7.58. The summed E-state index contributed by atoms with van der Waals surface area (Å²) in [5.74, 6) is 0.113. The lowest BCUT2D eigenvalue weighted by molar-refractivity contribution is -0.118. The molecule has 9 heteroatoms. The highest BCUT2D eigenvalue weighted by Gasteiger charge is 2.24. The van der Waals surface area contributed by atoms with E-state index in [1.807, 2.05) is 36.9 Å². The van der Waals surface area contributed by atoms with Crippen molar-refractivity contribution in [1.82, 2.24) is 19.3 Å². The van der Waals surface area contributed by atoms with Crippen LogP contribution >= 0.6 is 0 Å². The highest BCUT2D eigenvalue weighted by molar-refractivity contribution is 7.89. The maximum absolute atomic E-state index is 12.7. The van der Waals surface area contributed by atoms with Gasteiger partial charge in [-0.05, 0) is 42.7 Å². The Labute approximate surface area is 182 Å². The summed E-state index contributed by atoms with van der Waals surface area (Å²) in [6, 6.07) is 12.9. The summed E-state index contributed by atoms with van der Waals surface area (Å²) >= 11 is 0. The molecule has 1 aromatic heterocycles.